The molecule has 0 saturated heterocycles. The zero-order valence-corrected chi connectivity index (χ0v) is 16.9. The molecule has 1 aliphatic rings. The third-order valence-electron chi connectivity index (χ3n) is 4.44. The van der Waals surface area contributed by atoms with Gasteiger partial charge in [0.2, 0.25) is 5.91 Å². The van der Waals surface area contributed by atoms with Crippen LogP contribution in [0.3, 0.4) is 0 Å². The fourth-order valence-electron chi connectivity index (χ4n) is 3.13. The highest BCUT2D eigenvalue weighted by Gasteiger charge is 2.38. The van der Waals surface area contributed by atoms with Crippen molar-refractivity contribution in [2.75, 3.05) is 23.9 Å². The van der Waals surface area contributed by atoms with Crippen molar-refractivity contribution in [1.29, 1.82) is 0 Å². The van der Waals surface area contributed by atoms with Crippen molar-refractivity contribution in [3.05, 3.63) is 58.6 Å². The Morgan fingerprint density at radius 2 is 1.86 bits per heavy atom. The van der Waals surface area contributed by atoms with Gasteiger partial charge in [0.15, 0.2) is 0 Å². The number of hydrogen-bond donors (Lipinski definition) is 2. The summed E-state index contributed by atoms with van der Waals surface area (Å²) < 4.78 is 5.76. The Bertz CT molecular complexity index is 885. The van der Waals surface area contributed by atoms with E-state index >= 15 is 0 Å². The summed E-state index contributed by atoms with van der Waals surface area (Å²) in [5.41, 5.74) is 2.28. The Labute approximate surface area is 171 Å². The number of carbonyl (C=O) groups excluding carboxylic acids is 3. The number of nitrogens with zero attached hydrogens (tertiary/aromatic N) is 1. The largest absolute Gasteiger partial charge is 0.467 e. The summed E-state index contributed by atoms with van der Waals surface area (Å²) in [6.07, 6.45) is 0.488. The number of para-hydroxylation sites is 1. The van der Waals surface area contributed by atoms with Crippen molar-refractivity contribution >= 4 is 45.2 Å². The molecule has 1 aliphatic heterocycles. The van der Waals surface area contributed by atoms with Crippen molar-refractivity contribution in [1.82, 2.24) is 5.32 Å². The van der Waals surface area contributed by atoms with Crippen LogP contribution in [0.2, 0.25) is 0 Å². The summed E-state index contributed by atoms with van der Waals surface area (Å²) in [6, 6.07) is 13.5. The molecule has 0 fully saturated rings. The number of amides is 3. The SMILES string of the molecule is COC(=O)C1Cc2ccccc2N1C(=O)CCNC(=O)Nc1ccc(Br)cc1. The zero-order valence-electron chi connectivity index (χ0n) is 15.3. The van der Waals surface area contributed by atoms with Gasteiger partial charge in [-0.3, -0.25) is 9.69 Å². The van der Waals surface area contributed by atoms with Crippen LogP contribution in [0.1, 0.15) is 12.0 Å². The van der Waals surface area contributed by atoms with E-state index < -0.39 is 18.0 Å². The van der Waals surface area contributed by atoms with Gasteiger partial charge >= 0.3 is 12.0 Å². The molecule has 1 unspecified atom stereocenters. The average molecular weight is 446 g/mol. The molecule has 7 nitrogen and oxygen atoms in total. The number of nitrogens with one attached hydrogen (secondary N) is 2. The van der Waals surface area contributed by atoms with Crippen molar-refractivity contribution in [3.8, 4) is 0 Å². The van der Waals surface area contributed by atoms with E-state index in [-0.39, 0.29) is 18.9 Å². The molecule has 0 bridgehead atoms. The summed E-state index contributed by atoms with van der Waals surface area (Å²) in [7, 11) is 1.31. The van der Waals surface area contributed by atoms with Crippen LogP contribution >= 0.6 is 15.9 Å². The third-order valence-corrected chi connectivity index (χ3v) is 4.97. The maximum Gasteiger partial charge on any atom is 0.329 e. The van der Waals surface area contributed by atoms with Gasteiger partial charge in [-0.25, -0.2) is 9.59 Å². The Balaban J connectivity index is 1.57. The maximum absolute atomic E-state index is 12.8. The van der Waals surface area contributed by atoms with Crippen molar-refractivity contribution in [2.45, 2.75) is 18.9 Å². The molecule has 0 aliphatic carbocycles. The molecule has 0 saturated carbocycles. The zero-order chi connectivity index (χ0) is 20.1. The lowest BCUT2D eigenvalue weighted by atomic mass is 10.1. The minimum absolute atomic E-state index is 0.0651. The highest BCUT2D eigenvalue weighted by Crippen LogP contribution is 2.33. The van der Waals surface area contributed by atoms with E-state index in [9.17, 15) is 14.4 Å². The first-order valence-electron chi connectivity index (χ1n) is 8.78. The van der Waals surface area contributed by atoms with Gasteiger partial charge < -0.3 is 15.4 Å². The number of anilines is 2. The van der Waals surface area contributed by atoms with E-state index in [1.807, 2.05) is 36.4 Å². The summed E-state index contributed by atoms with van der Waals surface area (Å²) in [4.78, 5) is 38.3. The molecule has 3 rings (SSSR count). The van der Waals surface area contributed by atoms with Gasteiger partial charge in [-0.1, -0.05) is 34.1 Å². The van der Waals surface area contributed by atoms with Crippen LogP contribution in [0.25, 0.3) is 0 Å². The quantitative estimate of drug-likeness (QED) is 0.692. The van der Waals surface area contributed by atoms with Crippen LogP contribution in [-0.2, 0) is 20.7 Å². The molecular weight excluding hydrogens is 426 g/mol. The smallest absolute Gasteiger partial charge is 0.329 e. The minimum Gasteiger partial charge on any atom is -0.467 e. The minimum atomic E-state index is -0.675. The molecule has 28 heavy (non-hydrogen) atoms. The third kappa shape index (κ3) is 4.51. The summed E-state index contributed by atoms with van der Waals surface area (Å²) >= 11 is 3.33. The highest BCUT2D eigenvalue weighted by molar-refractivity contribution is 9.10. The Kier molecular flexibility index (Phi) is 6.30. The Morgan fingerprint density at radius 1 is 1.14 bits per heavy atom. The molecule has 1 atom stereocenters. The number of rotatable bonds is 5. The van der Waals surface area contributed by atoms with Gasteiger partial charge in [0.1, 0.15) is 6.04 Å². The molecule has 3 amide bonds. The van der Waals surface area contributed by atoms with E-state index in [2.05, 4.69) is 26.6 Å². The molecule has 2 aromatic rings. The molecule has 0 aromatic heterocycles. The summed E-state index contributed by atoms with van der Waals surface area (Å²) in [5.74, 6) is -0.699. The number of halogens is 1. The van der Waals surface area contributed by atoms with E-state index in [1.165, 1.54) is 12.0 Å². The first-order valence-corrected chi connectivity index (χ1v) is 9.57. The number of hydrogen-bond acceptors (Lipinski definition) is 4. The van der Waals surface area contributed by atoms with Gasteiger partial charge in [-0.15, -0.1) is 0 Å². The second-order valence-corrected chi connectivity index (χ2v) is 7.19. The first kappa shape index (κ1) is 19.9. The van der Waals surface area contributed by atoms with Crippen LogP contribution in [0.15, 0.2) is 53.0 Å². The number of fused-ring (bicyclic) bond motifs is 1. The molecule has 8 heteroatoms. The van der Waals surface area contributed by atoms with Crippen LogP contribution < -0.4 is 15.5 Å². The van der Waals surface area contributed by atoms with Crippen molar-refractivity contribution in [2.24, 2.45) is 0 Å². The van der Waals surface area contributed by atoms with Crippen LogP contribution in [0.5, 0.6) is 0 Å². The lowest BCUT2D eigenvalue weighted by molar-refractivity contribution is -0.143. The van der Waals surface area contributed by atoms with E-state index in [0.717, 1.165) is 10.0 Å². The Hall–Kier alpha value is -2.87. The maximum atomic E-state index is 12.8. The molecular formula is C20H20BrN3O4. The van der Waals surface area contributed by atoms with Gasteiger partial charge in [0.05, 0.1) is 7.11 Å². The van der Waals surface area contributed by atoms with Crippen molar-refractivity contribution in [3.63, 3.8) is 0 Å². The second-order valence-electron chi connectivity index (χ2n) is 6.27. The highest BCUT2D eigenvalue weighted by atomic mass is 79.9. The molecule has 2 aromatic carbocycles. The van der Waals surface area contributed by atoms with Crippen LogP contribution in [0.4, 0.5) is 16.2 Å². The fourth-order valence-corrected chi connectivity index (χ4v) is 3.40. The molecule has 0 radical (unpaired) electrons. The molecule has 2 N–H and O–H groups in total. The lowest BCUT2D eigenvalue weighted by Crippen LogP contribution is -2.44. The number of ether oxygens (including phenoxy) is 1. The number of urea groups is 1. The number of benzene rings is 2. The van der Waals surface area contributed by atoms with Gasteiger partial charge in [0.25, 0.3) is 0 Å². The number of esters is 1. The van der Waals surface area contributed by atoms with Gasteiger partial charge in [0, 0.05) is 35.2 Å². The lowest BCUT2D eigenvalue weighted by Gasteiger charge is -2.23. The number of methoxy groups -OCH3 is 1. The topological polar surface area (TPSA) is 87.7 Å². The van der Waals surface area contributed by atoms with Gasteiger partial charge in [-0.2, -0.15) is 0 Å². The molecule has 0 spiro atoms. The standard InChI is InChI=1S/C20H20BrN3O4/c1-28-19(26)17-12-13-4-2-3-5-16(13)24(17)18(25)10-11-22-20(27)23-15-8-6-14(21)7-9-15/h2-9,17H,10-12H2,1H3,(H2,22,23,27). The van der Waals surface area contributed by atoms with E-state index in [0.29, 0.717) is 17.8 Å². The predicted octanol–water partition coefficient (Wildman–Crippen LogP) is 3.09. The second kappa shape index (κ2) is 8.88. The fraction of sp³-hybridized carbons (Fsp3) is 0.250. The van der Waals surface area contributed by atoms with E-state index in [1.54, 1.807) is 12.1 Å². The Morgan fingerprint density at radius 3 is 2.57 bits per heavy atom. The van der Waals surface area contributed by atoms with Crippen LogP contribution in [-0.4, -0.2) is 37.6 Å². The van der Waals surface area contributed by atoms with Crippen LogP contribution in [0, 0.1) is 0 Å². The summed E-state index contributed by atoms with van der Waals surface area (Å²) in [6.45, 7) is 0.147. The monoisotopic (exact) mass is 445 g/mol. The molecule has 1 heterocycles. The summed E-state index contributed by atoms with van der Waals surface area (Å²) in [5, 5.41) is 5.35. The average Bonchev–Trinajstić information content (AvgIpc) is 3.08. The predicted molar refractivity (Wildman–Crippen MR) is 109 cm³/mol. The van der Waals surface area contributed by atoms with E-state index in [4.69, 9.17) is 4.74 Å². The van der Waals surface area contributed by atoms with Gasteiger partial charge in [-0.05, 0) is 35.9 Å². The first-order chi connectivity index (χ1) is 13.5. The number of carbonyl (C=O) groups is 3. The normalized spacial score (nSPS) is 14.9. The van der Waals surface area contributed by atoms with Crippen molar-refractivity contribution < 1.29 is 19.1 Å². The molecule has 146 valence electrons.